The minimum atomic E-state index is -0.752. The summed E-state index contributed by atoms with van der Waals surface area (Å²) in [5.74, 6) is 1.28. The van der Waals surface area contributed by atoms with Gasteiger partial charge < -0.3 is 25.5 Å². The smallest absolute Gasteiger partial charge is 0.261 e. The molecule has 0 aliphatic carbocycles. The number of carbonyl (C=O) groups is 1. The summed E-state index contributed by atoms with van der Waals surface area (Å²) in [7, 11) is 0. The van der Waals surface area contributed by atoms with E-state index >= 15 is 0 Å². The third-order valence-corrected chi connectivity index (χ3v) is 4.86. The van der Waals surface area contributed by atoms with Gasteiger partial charge in [0.2, 0.25) is 5.88 Å². The van der Waals surface area contributed by atoms with Crippen LogP contribution >= 0.6 is 12.6 Å². The fraction of sp³-hybridized carbons (Fsp3) is 0.273. The molecule has 0 fully saturated rings. The summed E-state index contributed by atoms with van der Waals surface area (Å²) in [4.78, 5) is 17.1. The van der Waals surface area contributed by atoms with Crippen LogP contribution in [0, 0.1) is 0 Å². The van der Waals surface area contributed by atoms with Gasteiger partial charge in [-0.1, -0.05) is 30.3 Å². The second-order valence-electron chi connectivity index (χ2n) is 6.80. The number of pyridine rings is 1. The standard InChI is InChI=1S/C22H26N4O3S/c1-15(21(27)25-13-18-8-5-11-28-18)29-22-20(24-12-17(23)14-30)10-9-19(26-22)16-6-3-2-4-7-16/h2-11,15,17,24,30H,12-14,23H2,1H3,(H,25,27). The SMILES string of the molecule is CC(Oc1nc(-c2ccccc2)ccc1NCC(N)CS)C(=O)NCc1ccco1. The molecule has 0 bridgehead atoms. The topological polar surface area (TPSA) is 102 Å². The van der Waals surface area contributed by atoms with Crippen molar-refractivity contribution in [2.75, 3.05) is 17.6 Å². The molecule has 2 aromatic heterocycles. The summed E-state index contributed by atoms with van der Waals surface area (Å²) >= 11 is 4.21. The Balaban J connectivity index is 1.75. The van der Waals surface area contributed by atoms with Gasteiger partial charge in [-0.2, -0.15) is 12.6 Å². The molecule has 0 spiro atoms. The highest BCUT2D eigenvalue weighted by molar-refractivity contribution is 7.80. The summed E-state index contributed by atoms with van der Waals surface area (Å²) in [6.45, 7) is 2.47. The number of furan rings is 1. The number of nitrogens with two attached hydrogens (primary N) is 1. The first-order valence-corrected chi connectivity index (χ1v) is 10.3. The molecular formula is C22H26N4O3S. The van der Waals surface area contributed by atoms with Crippen LogP contribution in [0.1, 0.15) is 12.7 Å². The van der Waals surface area contributed by atoms with Crippen molar-refractivity contribution in [3.05, 3.63) is 66.6 Å². The van der Waals surface area contributed by atoms with E-state index in [0.29, 0.717) is 36.2 Å². The largest absolute Gasteiger partial charge is 0.467 e. The zero-order chi connectivity index (χ0) is 21.3. The number of hydrogen-bond acceptors (Lipinski definition) is 7. The van der Waals surface area contributed by atoms with Gasteiger partial charge in [0.05, 0.1) is 24.2 Å². The molecule has 0 saturated carbocycles. The van der Waals surface area contributed by atoms with E-state index in [0.717, 1.165) is 11.3 Å². The van der Waals surface area contributed by atoms with Crippen molar-refractivity contribution in [2.45, 2.75) is 25.6 Å². The molecule has 0 aliphatic heterocycles. The fourth-order valence-electron chi connectivity index (χ4n) is 2.69. The van der Waals surface area contributed by atoms with Crippen molar-refractivity contribution >= 4 is 24.2 Å². The molecule has 2 heterocycles. The van der Waals surface area contributed by atoms with E-state index in [1.165, 1.54) is 0 Å². The maximum absolute atomic E-state index is 12.5. The molecule has 8 heteroatoms. The van der Waals surface area contributed by atoms with Crippen LogP contribution in [0.3, 0.4) is 0 Å². The summed E-state index contributed by atoms with van der Waals surface area (Å²) in [6, 6.07) is 17.0. The summed E-state index contributed by atoms with van der Waals surface area (Å²) < 4.78 is 11.2. The van der Waals surface area contributed by atoms with E-state index in [4.69, 9.17) is 14.9 Å². The number of rotatable bonds is 10. The molecule has 158 valence electrons. The molecule has 4 N–H and O–H groups in total. The highest BCUT2D eigenvalue weighted by atomic mass is 32.1. The number of thiol groups is 1. The van der Waals surface area contributed by atoms with Crippen molar-refractivity contribution in [3.8, 4) is 17.1 Å². The predicted octanol–water partition coefficient (Wildman–Crippen LogP) is 3.09. The van der Waals surface area contributed by atoms with Crippen LogP contribution in [-0.2, 0) is 11.3 Å². The first-order valence-electron chi connectivity index (χ1n) is 9.70. The van der Waals surface area contributed by atoms with Gasteiger partial charge in [0.15, 0.2) is 6.10 Å². The Morgan fingerprint density at radius 2 is 2.00 bits per heavy atom. The first kappa shape index (κ1) is 21.7. The molecule has 30 heavy (non-hydrogen) atoms. The second-order valence-corrected chi connectivity index (χ2v) is 7.16. The Bertz CT molecular complexity index is 935. The van der Waals surface area contributed by atoms with Gasteiger partial charge in [-0.15, -0.1) is 0 Å². The van der Waals surface area contributed by atoms with Crippen LogP contribution in [0.5, 0.6) is 5.88 Å². The number of nitrogens with zero attached hydrogens (tertiary/aromatic N) is 1. The minimum Gasteiger partial charge on any atom is -0.467 e. The third-order valence-electron chi connectivity index (χ3n) is 4.39. The quantitative estimate of drug-likeness (QED) is 0.372. The molecule has 2 unspecified atom stereocenters. The lowest BCUT2D eigenvalue weighted by Crippen LogP contribution is -2.36. The normalized spacial score (nSPS) is 12.8. The summed E-state index contributed by atoms with van der Waals surface area (Å²) in [5.41, 5.74) is 8.32. The summed E-state index contributed by atoms with van der Waals surface area (Å²) in [5, 5.41) is 6.03. The molecular weight excluding hydrogens is 400 g/mol. The van der Waals surface area contributed by atoms with Crippen molar-refractivity contribution in [1.82, 2.24) is 10.3 Å². The van der Waals surface area contributed by atoms with Gasteiger partial charge in [0.1, 0.15) is 5.76 Å². The maximum atomic E-state index is 12.5. The third kappa shape index (κ3) is 6.01. The highest BCUT2D eigenvalue weighted by Gasteiger charge is 2.19. The minimum absolute atomic E-state index is 0.121. The zero-order valence-corrected chi connectivity index (χ0v) is 17.6. The molecule has 1 amide bonds. The molecule has 0 aliphatic rings. The maximum Gasteiger partial charge on any atom is 0.261 e. The molecule has 3 aromatic rings. The van der Waals surface area contributed by atoms with Gasteiger partial charge in [0, 0.05) is 23.9 Å². The molecule has 0 radical (unpaired) electrons. The number of amides is 1. The van der Waals surface area contributed by atoms with Gasteiger partial charge in [-0.05, 0) is 31.2 Å². The van der Waals surface area contributed by atoms with Crippen LogP contribution in [0.4, 0.5) is 5.69 Å². The molecule has 3 rings (SSSR count). The van der Waals surface area contributed by atoms with Gasteiger partial charge in [0.25, 0.3) is 5.91 Å². The Hall–Kier alpha value is -2.97. The monoisotopic (exact) mass is 426 g/mol. The Kier molecular flexibility index (Phi) is 7.75. The van der Waals surface area contributed by atoms with E-state index in [2.05, 4.69) is 28.2 Å². The Morgan fingerprint density at radius 3 is 2.70 bits per heavy atom. The zero-order valence-electron chi connectivity index (χ0n) is 16.7. The molecule has 0 saturated heterocycles. The number of carbonyl (C=O) groups excluding carboxylic acids is 1. The van der Waals surface area contributed by atoms with Crippen molar-refractivity contribution < 1.29 is 13.9 Å². The van der Waals surface area contributed by atoms with Gasteiger partial charge in [-0.25, -0.2) is 4.98 Å². The molecule has 2 atom stereocenters. The number of aromatic nitrogens is 1. The lowest BCUT2D eigenvalue weighted by Gasteiger charge is -2.19. The van der Waals surface area contributed by atoms with E-state index in [1.54, 1.807) is 25.3 Å². The lowest BCUT2D eigenvalue weighted by atomic mass is 10.1. The number of benzene rings is 1. The Morgan fingerprint density at radius 1 is 1.20 bits per heavy atom. The molecule has 1 aromatic carbocycles. The van der Waals surface area contributed by atoms with Gasteiger partial charge >= 0.3 is 0 Å². The summed E-state index contributed by atoms with van der Waals surface area (Å²) in [6.07, 6.45) is 0.811. The van der Waals surface area contributed by atoms with E-state index in [9.17, 15) is 4.79 Å². The van der Waals surface area contributed by atoms with E-state index < -0.39 is 6.10 Å². The number of ether oxygens (including phenoxy) is 1. The number of nitrogens with one attached hydrogen (secondary N) is 2. The van der Waals surface area contributed by atoms with Crippen LogP contribution in [0.2, 0.25) is 0 Å². The van der Waals surface area contributed by atoms with Crippen molar-refractivity contribution in [2.24, 2.45) is 5.73 Å². The van der Waals surface area contributed by atoms with Crippen LogP contribution < -0.4 is 21.1 Å². The van der Waals surface area contributed by atoms with E-state index in [1.807, 2.05) is 42.5 Å². The Labute approximate surface area is 181 Å². The number of anilines is 1. The van der Waals surface area contributed by atoms with Crippen LogP contribution in [-0.4, -0.2) is 35.3 Å². The van der Waals surface area contributed by atoms with Crippen LogP contribution in [0.25, 0.3) is 11.3 Å². The second kappa shape index (κ2) is 10.7. The van der Waals surface area contributed by atoms with E-state index in [-0.39, 0.29) is 11.9 Å². The average Bonchev–Trinajstić information content (AvgIpc) is 3.30. The fourth-order valence-corrected chi connectivity index (χ4v) is 2.82. The first-order chi connectivity index (χ1) is 14.6. The molecule has 7 nitrogen and oxygen atoms in total. The predicted molar refractivity (Wildman–Crippen MR) is 121 cm³/mol. The number of hydrogen-bond donors (Lipinski definition) is 4. The van der Waals surface area contributed by atoms with Gasteiger partial charge in [-0.3, -0.25) is 4.79 Å². The van der Waals surface area contributed by atoms with Crippen molar-refractivity contribution in [1.29, 1.82) is 0 Å². The van der Waals surface area contributed by atoms with Crippen molar-refractivity contribution in [3.63, 3.8) is 0 Å². The highest BCUT2D eigenvalue weighted by Crippen LogP contribution is 2.28. The van der Waals surface area contributed by atoms with Crippen LogP contribution in [0.15, 0.2) is 65.3 Å². The lowest BCUT2D eigenvalue weighted by molar-refractivity contribution is -0.127. The average molecular weight is 427 g/mol.